The summed E-state index contributed by atoms with van der Waals surface area (Å²) in [6.07, 6.45) is 5.61. The lowest BCUT2D eigenvalue weighted by Gasteiger charge is -2.33. The summed E-state index contributed by atoms with van der Waals surface area (Å²) in [6, 6.07) is 3.95. The molecule has 0 bridgehead atoms. The number of aromatic nitrogens is 1. The summed E-state index contributed by atoms with van der Waals surface area (Å²) in [5.74, 6) is 1.94. The molecule has 0 aromatic carbocycles. The lowest BCUT2D eigenvalue weighted by atomic mass is 9.93. The van der Waals surface area contributed by atoms with Crippen molar-refractivity contribution >= 4 is 11.5 Å². The minimum atomic E-state index is 0.736. The van der Waals surface area contributed by atoms with Crippen LogP contribution in [0.4, 0.5) is 11.5 Å². The van der Waals surface area contributed by atoms with Gasteiger partial charge in [0.05, 0.1) is 11.9 Å². The number of nitrogens with two attached hydrogens (primary N) is 1. The Morgan fingerprint density at radius 2 is 2.06 bits per heavy atom. The summed E-state index contributed by atoms with van der Waals surface area (Å²) in [5, 5.41) is 0. The summed E-state index contributed by atoms with van der Waals surface area (Å²) in [5.41, 5.74) is 6.40. The van der Waals surface area contributed by atoms with Crippen molar-refractivity contribution in [3.8, 4) is 0 Å². The first-order valence-corrected chi connectivity index (χ1v) is 6.76. The molecule has 18 heavy (non-hydrogen) atoms. The summed E-state index contributed by atoms with van der Waals surface area (Å²) in [7, 11) is 4.29. The topological polar surface area (TPSA) is 45.4 Å². The van der Waals surface area contributed by atoms with E-state index < -0.39 is 0 Å². The summed E-state index contributed by atoms with van der Waals surface area (Å²) in [4.78, 5) is 9.03. The van der Waals surface area contributed by atoms with Crippen LogP contribution in [-0.2, 0) is 0 Å². The molecule has 1 aromatic heterocycles. The maximum Gasteiger partial charge on any atom is 0.128 e. The average Bonchev–Trinajstić information content (AvgIpc) is 2.38. The minimum Gasteiger partial charge on any atom is -0.397 e. The number of nitrogens with zero attached hydrogens (tertiary/aromatic N) is 3. The van der Waals surface area contributed by atoms with Crippen molar-refractivity contribution in [2.45, 2.75) is 19.3 Å². The standard InChI is InChI=1S/C14H24N4/c1-17(2)8-5-12-6-9-18(10-7-12)14-4-3-13(15)11-16-14/h3-4,11-12H,5-10,15H2,1-2H3. The van der Waals surface area contributed by atoms with Crippen LogP contribution in [0, 0.1) is 5.92 Å². The van der Waals surface area contributed by atoms with Crippen molar-refractivity contribution in [1.82, 2.24) is 9.88 Å². The number of hydrogen-bond acceptors (Lipinski definition) is 4. The van der Waals surface area contributed by atoms with E-state index >= 15 is 0 Å². The molecule has 0 unspecified atom stereocenters. The molecule has 100 valence electrons. The number of hydrogen-bond donors (Lipinski definition) is 1. The summed E-state index contributed by atoms with van der Waals surface area (Å²) < 4.78 is 0. The van der Waals surface area contributed by atoms with Crippen LogP contribution in [0.5, 0.6) is 0 Å². The van der Waals surface area contributed by atoms with Gasteiger partial charge in [0.15, 0.2) is 0 Å². The minimum absolute atomic E-state index is 0.736. The van der Waals surface area contributed by atoms with Gasteiger partial charge in [0.1, 0.15) is 5.82 Å². The first kappa shape index (κ1) is 13.1. The van der Waals surface area contributed by atoms with E-state index in [0.717, 1.165) is 30.5 Å². The fraction of sp³-hybridized carbons (Fsp3) is 0.643. The zero-order valence-corrected chi connectivity index (χ0v) is 11.5. The molecular weight excluding hydrogens is 224 g/mol. The summed E-state index contributed by atoms with van der Waals surface area (Å²) in [6.45, 7) is 3.44. The van der Waals surface area contributed by atoms with Gasteiger partial charge >= 0.3 is 0 Å². The maximum atomic E-state index is 5.66. The molecule has 1 fully saturated rings. The fourth-order valence-corrected chi connectivity index (χ4v) is 2.48. The van der Waals surface area contributed by atoms with E-state index in [-0.39, 0.29) is 0 Å². The van der Waals surface area contributed by atoms with Gasteiger partial charge in [-0.3, -0.25) is 0 Å². The predicted molar refractivity (Wildman–Crippen MR) is 76.8 cm³/mol. The highest BCUT2D eigenvalue weighted by Crippen LogP contribution is 2.24. The van der Waals surface area contributed by atoms with Crippen LogP contribution in [0.25, 0.3) is 0 Å². The van der Waals surface area contributed by atoms with E-state index in [4.69, 9.17) is 5.73 Å². The van der Waals surface area contributed by atoms with Crippen molar-refractivity contribution in [2.24, 2.45) is 5.92 Å². The molecule has 0 atom stereocenters. The molecule has 4 nitrogen and oxygen atoms in total. The quantitative estimate of drug-likeness (QED) is 0.883. The Balaban J connectivity index is 1.81. The molecule has 0 radical (unpaired) electrons. The third kappa shape index (κ3) is 3.60. The van der Waals surface area contributed by atoms with Crippen molar-refractivity contribution in [1.29, 1.82) is 0 Å². The predicted octanol–water partition coefficient (Wildman–Crippen LogP) is 1.83. The summed E-state index contributed by atoms with van der Waals surface area (Å²) >= 11 is 0. The van der Waals surface area contributed by atoms with Gasteiger partial charge in [-0.05, 0) is 58.0 Å². The lowest BCUT2D eigenvalue weighted by Crippen LogP contribution is -2.35. The highest BCUT2D eigenvalue weighted by Gasteiger charge is 2.19. The van der Waals surface area contributed by atoms with Crippen molar-refractivity contribution < 1.29 is 0 Å². The zero-order chi connectivity index (χ0) is 13.0. The van der Waals surface area contributed by atoms with Gasteiger partial charge < -0.3 is 15.5 Å². The smallest absolute Gasteiger partial charge is 0.128 e. The molecule has 2 rings (SSSR count). The second kappa shape index (κ2) is 6.05. The molecule has 1 saturated heterocycles. The van der Waals surface area contributed by atoms with E-state index in [9.17, 15) is 0 Å². The normalized spacial score (nSPS) is 17.4. The SMILES string of the molecule is CN(C)CCC1CCN(c2ccc(N)cn2)CC1. The van der Waals surface area contributed by atoms with Crippen LogP contribution < -0.4 is 10.6 Å². The Morgan fingerprint density at radius 3 is 2.61 bits per heavy atom. The molecule has 0 spiro atoms. The number of pyridine rings is 1. The molecule has 1 aliphatic heterocycles. The molecule has 0 saturated carbocycles. The van der Waals surface area contributed by atoms with E-state index in [1.165, 1.54) is 25.8 Å². The molecule has 0 aliphatic carbocycles. The van der Waals surface area contributed by atoms with Gasteiger partial charge in [-0.2, -0.15) is 0 Å². The first-order chi connectivity index (χ1) is 8.65. The molecule has 1 aliphatic rings. The van der Waals surface area contributed by atoms with Crippen LogP contribution >= 0.6 is 0 Å². The van der Waals surface area contributed by atoms with Crippen molar-refractivity contribution in [3.63, 3.8) is 0 Å². The highest BCUT2D eigenvalue weighted by molar-refractivity contribution is 5.45. The monoisotopic (exact) mass is 248 g/mol. The van der Waals surface area contributed by atoms with Gasteiger partial charge in [0.25, 0.3) is 0 Å². The average molecular weight is 248 g/mol. The second-order valence-corrected chi connectivity index (χ2v) is 5.47. The van der Waals surface area contributed by atoms with Crippen molar-refractivity contribution in [2.75, 3.05) is 44.4 Å². The van der Waals surface area contributed by atoms with E-state index in [0.29, 0.717) is 0 Å². The van der Waals surface area contributed by atoms with Crippen LogP contribution in [0.3, 0.4) is 0 Å². The molecule has 2 heterocycles. The number of anilines is 2. The van der Waals surface area contributed by atoms with Crippen LogP contribution in [0.1, 0.15) is 19.3 Å². The maximum absolute atomic E-state index is 5.66. The van der Waals surface area contributed by atoms with Gasteiger partial charge in [0, 0.05) is 13.1 Å². The van der Waals surface area contributed by atoms with E-state index in [1.54, 1.807) is 6.20 Å². The Kier molecular flexibility index (Phi) is 4.42. The second-order valence-electron chi connectivity index (χ2n) is 5.47. The largest absolute Gasteiger partial charge is 0.397 e. The Hall–Kier alpha value is -1.29. The molecule has 2 N–H and O–H groups in total. The third-order valence-electron chi connectivity index (χ3n) is 3.69. The van der Waals surface area contributed by atoms with Crippen molar-refractivity contribution in [3.05, 3.63) is 18.3 Å². The van der Waals surface area contributed by atoms with E-state index in [2.05, 4.69) is 28.9 Å². The fourth-order valence-electron chi connectivity index (χ4n) is 2.48. The molecule has 1 aromatic rings. The third-order valence-corrected chi connectivity index (χ3v) is 3.69. The van der Waals surface area contributed by atoms with E-state index in [1.807, 2.05) is 12.1 Å². The highest BCUT2D eigenvalue weighted by atomic mass is 15.2. The number of rotatable bonds is 4. The lowest BCUT2D eigenvalue weighted by molar-refractivity contribution is 0.313. The number of nitrogen functional groups attached to an aromatic ring is 1. The Bertz CT molecular complexity index is 353. The number of piperidine rings is 1. The Labute approximate surface area is 110 Å². The van der Waals surface area contributed by atoms with Gasteiger partial charge in [-0.1, -0.05) is 0 Å². The van der Waals surface area contributed by atoms with Crippen LogP contribution in [-0.4, -0.2) is 43.6 Å². The Morgan fingerprint density at radius 1 is 1.33 bits per heavy atom. The molecule has 0 amide bonds. The van der Waals surface area contributed by atoms with Crippen LogP contribution in [0.2, 0.25) is 0 Å². The van der Waals surface area contributed by atoms with Crippen LogP contribution in [0.15, 0.2) is 18.3 Å². The zero-order valence-electron chi connectivity index (χ0n) is 11.5. The molecular formula is C14H24N4. The van der Waals surface area contributed by atoms with Gasteiger partial charge in [0.2, 0.25) is 0 Å². The molecule has 4 heteroatoms. The van der Waals surface area contributed by atoms with Gasteiger partial charge in [-0.15, -0.1) is 0 Å². The van der Waals surface area contributed by atoms with Gasteiger partial charge in [-0.25, -0.2) is 4.98 Å². The first-order valence-electron chi connectivity index (χ1n) is 6.76.